The summed E-state index contributed by atoms with van der Waals surface area (Å²) in [6.45, 7) is 2.34. The van der Waals surface area contributed by atoms with E-state index >= 15 is 0 Å². The van der Waals surface area contributed by atoms with Gasteiger partial charge in [0, 0.05) is 29.0 Å². The first-order valence-corrected chi connectivity index (χ1v) is 8.71. The van der Waals surface area contributed by atoms with Gasteiger partial charge in [-0.15, -0.1) is 0 Å². The predicted octanol–water partition coefficient (Wildman–Crippen LogP) is 4.31. The molecule has 0 fully saturated rings. The second-order valence-electron chi connectivity index (χ2n) is 5.88. The molecule has 0 spiro atoms. The van der Waals surface area contributed by atoms with Gasteiger partial charge >= 0.3 is 0 Å². The molecular weight excluding hydrogens is 364 g/mol. The number of hydrogen-bond donors (Lipinski definition) is 2. The summed E-state index contributed by atoms with van der Waals surface area (Å²) in [6, 6.07) is 16.3. The molecule has 0 bridgehead atoms. The highest BCUT2D eigenvalue weighted by Gasteiger charge is 2.11. The van der Waals surface area contributed by atoms with Crippen LogP contribution in [0.5, 0.6) is 5.75 Å². The quantitative estimate of drug-likeness (QED) is 0.664. The first-order valence-electron chi connectivity index (χ1n) is 8.33. The second kappa shape index (κ2) is 8.51. The Bertz CT molecular complexity index is 945. The van der Waals surface area contributed by atoms with Gasteiger partial charge in [-0.2, -0.15) is 0 Å². The van der Waals surface area contributed by atoms with Gasteiger partial charge in [-0.3, -0.25) is 4.79 Å². The van der Waals surface area contributed by atoms with Crippen LogP contribution in [0.1, 0.15) is 21.7 Å². The largest absolute Gasteiger partial charge is 0.497 e. The maximum absolute atomic E-state index is 12.5. The summed E-state index contributed by atoms with van der Waals surface area (Å²) in [5.41, 5.74) is 2.64. The number of methoxy groups -OCH3 is 1. The van der Waals surface area contributed by atoms with Crippen molar-refractivity contribution in [1.82, 2.24) is 9.97 Å². The van der Waals surface area contributed by atoms with Crippen molar-refractivity contribution in [3.8, 4) is 5.75 Å². The Hall–Kier alpha value is -3.12. The summed E-state index contributed by atoms with van der Waals surface area (Å²) in [6.07, 6.45) is 0. The maximum Gasteiger partial charge on any atom is 0.274 e. The average molecular weight is 383 g/mol. The van der Waals surface area contributed by atoms with Crippen LogP contribution in [0.4, 0.5) is 11.6 Å². The smallest absolute Gasteiger partial charge is 0.274 e. The van der Waals surface area contributed by atoms with E-state index in [0.717, 1.165) is 5.56 Å². The molecule has 138 valence electrons. The zero-order chi connectivity index (χ0) is 19.2. The lowest BCUT2D eigenvalue weighted by Gasteiger charge is -2.10. The molecule has 0 saturated heterocycles. The SMILES string of the molecule is COc1cccc(NC(=O)c2cc(C)nc(NCc3ccc(Cl)cc3)n2)c1. The van der Waals surface area contributed by atoms with Crippen molar-refractivity contribution in [3.05, 3.63) is 76.6 Å². The van der Waals surface area contributed by atoms with Gasteiger partial charge in [-0.25, -0.2) is 9.97 Å². The monoisotopic (exact) mass is 382 g/mol. The lowest BCUT2D eigenvalue weighted by atomic mass is 10.2. The van der Waals surface area contributed by atoms with E-state index in [2.05, 4.69) is 20.6 Å². The highest BCUT2D eigenvalue weighted by Crippen LogP contribution is 2.18. The number of anilines is 2. The number of amides is 1. The van der Waals surface area contributed by atoms with Gasteiger partial charge in [0.1, 0.15) is 11.4 Å². The van der Waals surface area contributed by atoms with Crippen LogP contribution >= 0.6 is 11.6 Å². The molecule has 1 amide bonds. The molecule has 27 heavy (non-hydrogen) atoms. The molecule has 0 aliphatic rings. The molecule has 2 N–H and O–H groups in total. The number of carbonyl (C=O) groups is 1. The molecule has 7 heteroatoms. The van der Waals surface area contributed by atoms with E-state index in [1.165, 1.54) is 0 Å². The van der Waals surface area contributed by atoms with Crippen LogP contribution in [0, 0.1) is 6.92 Å². The van der Waals surface area contributed by atoms with Crippen molar-refractivity contribution in [2.75, 3.05) is 17.7 Å². The highest BCUT2D eigenvalue weighted by molar-refractivity contribution is 6.30. The number of benzene rings is 2. The number of rotatable bonds is 6. The van der Waals surface area contributed by atoms with E-state index in [0.29, 0.717) is 34.6 Å². The summed E-state index contributed by atoms with van der Waals surface area (Å²) in [5, 5.41) is 6.63. The third-order valence-electron chi connectivity index (χ3n) is 3.78. The molecule has 3 aromatic rings. The third kappa shape index (κ3) is 5.18. The van der Waals surface area contributed by atoms with E-state index in [1.54, 1.807) is 31.4 Å². The Balaban J connectivity index is 1.71. The van der Waals surface area contributed by atoms with Crippen LogP contribution in [-0.4, -0.2) is 23.0 Å². The van der Waals surface area contributed by atoms with Crippen LogP contribution in [0.2, 0.25) is 5.02 Å². The summed E-state index contributed by atoms with van der Waals surface area (Å²) in [7, 11) is 1.58. The van der Waals surface area contributed by atoms with Gasteiger partial charge < -0.3 is 15.4 Å². The number of aromatic nitrogens is 2. The van der Waals surface area contributed by atoms with E-state index in [9.17, 15) is 4.79 Å². The minimum absolute atomic E-state index is 0.281. The van der Waals surface area contributed by atoms with E-state index in [-0.39, 0.29) is 11.6 Å². The molecule has 6 nitrogen and oxygen atoms in total. The second-order valence-corrected chi connectivity index (χ2v) is 6.32. The molecule has 1 aromatic heterocycles. The Morgan fingerprint density at radius 1 is 1.11 bits per heavy atom. The van der Waals surface area contributed by atoms with Crippen LogP contribution in [0.25, 0.3) is 0 Å². The fourth-order valence-electron chi connectivity index (χ4n) is 2.44. The zero-order valence-corrected chi connectivity index (χ0v) is 15.7. The molecule has 2 aromatic carbocycles. The summed E-state index contributed by atoms with van der Waals surface area (Å²) < 4.78 is 5.17. The van der Waals surface area contributed by atoms with Crippen LogP contribution < -0.4 is 15.4 Å². The van der Waals surface area contributed by atoms with E-state index in [4.69, 9.17) is 16.3 Å². The molecule has 0 aliphatic heterocycles. The van der Waals surface area contributed by atoms with Gasteiger partial charge in [0.2, 0.25) is 5.95 Å². The number of ether oxygens (including phenoxy) is 1. The van der Waals surface area contributed by atoms with Crippen molar-refractivity contribution in [1.29, 1.82) is 0 Å². The van der Waals surface area contributed by atoms with E-state index < -0.39 is 0 Å². The van der Waals surface area contributed by atoms with Gasteiger partial charge in [0.15, 0.2) is 0 Å². The topological polar surface area (TPSA) is 76.1 Å². The fourth-order valence-corrected chi connectivity index (χ4v) is 2.57. The van der Waals surface area contributed by atoms with Gasteiger partial charge in [0.05, 0.1) is 7.11 Å². The van der Waals surface area contributed by atoms with Crippen LogP contribution in [0.3, 0.4) is 0 Å². The predicted molar refractivity (Wildman–Crippen MR) is 106 cm³/mol. The molecule has 3 rings (SSSR count). The molecular formula is C20H19ClN4O2. The van der Waals surface area contributed by atoms with Crippen molar-refractivity contribution in [2.24, 2.45) is 0 Å². The Morgan fingerprint density at radius 3 is 2.63 bits per heavy atom. The number of nitrogens with zero attached hydrogens (tertiary/aromatic N) is 2. The van der Waals surface area contributed by atoms with Crippen molar-refractivity contribution in [2.45, 2.75) is 13.5 Å². The molecule has 1 heterocycles. The Kier molecular flexibility index (Phi) is 5.88. The van der Waals surface area contributed by atoms with Crippen LogP contribution in [-0.2, 0) is 6.54 Å². The lowest BCUT2D eigenvalue weighted by Crippen LogP contribution is -2.16. The average Bonchev–Trinajstić information content (AvgIpc) is 2.67. The minimum Gasteiger partial charge on any atom is -0.497 e. The molecule has 0 unspecified atom stereocenters. The maximum atomic E-state index is 12.5. The summed E-state index contributed by atoms with van der Waals surface area (Å²) in [5.74, 6) is 0.737. The number of hydrogen-bond acceptors (Lipinski definition) is 5. The highest BCUT2D eigenvalue weighted by atomic mass is 35.5. The zero-order valence-electron chi connectivity index (χ0n) is 15.0. The van der Waals surface area contributed by atoms with Crippen LogP contribution in [0.15, 0.2) is 54.6 Å². The fraction of sp³-hybridized carbons (Fsp3) is 0.150. The molecule has 0 saturated carbocycles. The van der Waals surface area contributed by atoms with Crippen molar-refractivity contribution >= 4 is 29.1 Å². The summed E-state index contributed by atoms with van der Waals surface area (Å²) in [4.78, 5) is 21.2. The standard InChI is InChI=1S/C20H19ClN4O2/c1-13-10-18(19(26)24-16-4-3-5-17(11-16)27-2)25-20(23-13)22-12-14-6-8-15(21)9-7-14/h3-11H,12H2,1-2H3,(H,24,26)(H,22,23,25). The van der Waals surface area contributed by atoms with Gasteiger partial charge in [-0.1, -0.05) is 29.8 Å². The normalized spacial score (nSPS) is 10.3. The number of aryl methyl sites for hydroxylation is 1. The van der Waals surface area contributed by atoms with Crippen molar-refractivity contribution in [3.63, 3.8) is 0 Å². The minimum atomic E-state index is -0.316. The number of carbonyl (C=O) groups excluding carboxylic acids is 1. The first-order chi connectivity index (χ1) is 13.0. The Morgan fingerprint density at radius 2 is 1.89 bits per heavy atom. The number of nitrogens with one attached hydrogen (secondary N) is 2. The third-order valence-corrected chi connectivity index (χ3v) is 4.03. The first kappa shape index (κ1) is 18.7. The molecule has 0 radical (unpaired) electrons. The number of halogens is 1. The summed E-state index contributed by atoms with van der Waals surface area (Å²) >= 11 is 5.89. The lowest BCUT2D eigenvalue weighted by molar-refractivity contribution is 0.102. The van der Waals surface area contributed by atoms with E-state index in [1.807, 2.05) is 37.3 Å². The van der Waals surface area contributed by atoms with Gasteiger partial charge in [0.25, 0.3) is 5.91 Å². The molecule has 0 atom stereocenters. The van der Waals surface area contributed by atoms with Gasteiger partial charge in [-0.05, 0) is 42.8 Å². The Labute approximate surface area is 162 Å². The molecule has 0 aliphatic carbocycles. The van der Waals surface area contributed by atoms with Crippen molar-refractivity contribution < 1.29 is 9.53 Å².